The minimum atomic E-state index is -0.832. The standard InChI is InChI=1S/C22H23N3O3S/c1-22(2,28)12-24-10-9-13-11-14(7-8-16(13)24)25-20(26)18-15-5-3-4-6-17(15)29-19(18)23-21(25)27/h7-11,28H,3-6,12H2,1-2H3,(H,23,27). The summed E-state index contributed by atoms with van der Waals surface area (Å²) in [5, 5.41) is 11.7. The lowest BCUT2D eigenvalue weighted by atomic mass is 9.97. The van der Waals surface area contributed by atoms with E-state index in [1.807, 2.05) is 29.0 Å². The van der Waals surface area contributed by atoms with Gasteiger partial charge in [0.2, 0.25) is 0 Å². The number of hydrogen-bond acceptors (Lipinski definition) is 4. The molecule has 150 valence electrons. The maximum absolute atomic E-state index is 13.3. The fraction of sp³-hybridized carbons (Fsp3) is 0.364. The van der Waals surface area contributed by atoms with Crippen LogP contribution in [0, 0.1) is 0 Å². The van der Waals surface area contributed by atoms with Crippen molar-refractivity contribution < 1.29 is 5.11 Å². The van der Waals surface area contributed by atoms with Crippen LogP contribution >= 0.6 is 11.3 Å². The third-order valence-corrected chi connectivity index (χ3v) is 6.79. The summed E-state index contributed by atoms with van der Waals surface area (Å²) < 4.78 is 3.22. The van der Waals surface area contributed by atoms with Crippen molar-refractivity contribution >= 4 is 32.5 Å². The van der Waals surface area contributed by atoms with Gasteiger partial charge >= 0.3 is 5.69 Å². The molecule has 1 aliphatic carbocycles. The van der Waals surface area contributed by atoms with Crippen molar-refractivity contribution in [3.63, 3.8) is 0 Å². The van der Waals surface area contributed by atoms with E-state index in [1.165, 1.54) is 9.44 Å². The number of nitrogens with one attached hydrogen (secondary N) is 1. The molecule has 0 fully saturated rings. The van der Waals surface area contributed by atoms with Crippen LogP contribution in [0.2, 0.25) is 0 Å². The molecule has 0 bridgehead atoms. The van der Waals surface area contributed by atoms with Crippen LogP contribution in [0.25, 0.3) is 26.8 Å². The molecule has 29 heavy (non-hydrogen) atoms. The monoisotopic (exact) mass is 409 g/mol. The Kier molecular flexibility index (Phi) is 4.08. The van der Waals surface area contributed by atoms with Crippen molar-refractivity contribution in [1.29, 1.82) is 0 Å². The van der Waals surface area contributed by atoms with Gasteiger partial charge in [-0.25, -0.2) is 9.36 Å². The molecule has 6 nitrogen and oxygen atoms in total. The van der Waals surface area contributed by atoms with E-state index in [4.69, 9.17) is 0 Å². The first kappa shape index (κ1) is 18.4. The zero-order chi connectivity index (χ0) is 20.3. The first-order chi connectivity index (χ1) is 13.8. The average molecular weight is 410 g/mol. The van der Waals surface area contributed by atoms with Gasteiger partial charge in [0, 0.05) is 22.0 Å². The molecule has 1 aliphatic rings. The molecule has 3 heterocycles. The second-order valence-electron chi connectivity index (χ2n) is 8.48. The normalized spacial score (nSPS) is 14.6. The highest BCUT2D eigenvalue weighted by atomic mass is 32.1. The molecule has 7 heteroatoms. The highest BCUT2D eigenvalue weighted by Gasteiger charge is 2.21. The van der Waals surface area contributed by atoms with Crippen LogP contribution in [0.3, 0.4) is 0 Å². The molecule has 0 unspecified atom stereocenters. The van der Waals surface area contributed by atoms with Crippen LogP contribution in [-0.2, 0) is 19.4 Å². The summed E-state index contributed by atoms with van der Waals surface area (Å²) in [4.78, 5) is 30.9. The van der Waals surface area contributed by atoms with Gasteiger partial charge in [-0.1, -0.05) is 0 Å². The Bertz CT molecular complexity index is 1360. The van der Waals surface area contributed by atoms with Crippen LogP contribution in [0.15, 0.2) is 40.1 Å². The predicted octanol–water partition coefficient (Wildman–Crippen LogP) is 3.34. The predicted molar refractivity (Wildman–Crippen MR) is 116 cm³/mol. The van der Waals surface area contributed by atoms with E-state index in [9.17, 15) is 14.7 Å². The van der Waals surface area contributed by atoms with E-state index in [0.717, 1.165) is 42.1 Å². The molecule has 0 atom stereocenters. The Labute approximate surface area is 171 Å². The molecule has 0 saturated heterocycles. The number of benzene rings is 1. The summed E-state index contributed by atoms with van der Waals surface area (Å²) in [5.74, 6) is 0. The largest absolute Gasteiger partial charge is 0.389 e. The fourth-order valence-corrected chi connectivity index (χ4v) is 5.62. The van der Waals surface area contributed by atoms with E-state index < -0.39 is 11.3 Å². The number of hydrogen-bond donors (Lipinski definition) is 2. The van der Waals surface area contributed by atoms with Gasteiger partial charge in [0.1, 0.15) is 4.83 Å². The second kappa shape index (κ2) is 6.43. The quantitative estimate of drug-likeness (QED) is 0.545. The topological polar surface area (TPSA) is 80.0 Å². The fourth-order valence-electron chi connectivity index (χ4n) is 4.35. The number of aryl methyl sites for hydroxylation is 2. The Morgan fingerprint density at radius 2 is 1.97 bits per heavy atom. The molecule has 0 amide bonds. The van der Waals surface area contributed by atoms with Crippen LogP contribution in [0.4, 0.5) is 0 Å². The molecule has 0 aliphatic heterocycles. The van der Waals surface area contributed by atoms with E-state index in [-0.39, 0.29) is 5.56 Å². The van der Waals surface area contributed by atoms with Gasteiger partial charge in [0.25, 0.3) is 5.56 Å². The lowest BCUT2D eigenvalue weighted by Gasteiger charge is -2.18. The van der Waals surface area contributed by atoms with E-state index in [1.54, 1.807) is 31.3 Å². The number of nitrogens with zero attached hydrogens (tertiary/aromatic N) is 2. The second-order valence-corrected chi connectivity index (χ2v) is 9.59. The zero-order valence-corrected chi connectivity index (χ0v) is 17.3. The van der Waals surface area contributed by atoms with E-state index in [0.29, 0.717) is 22.4 Å². The smallest absolute Gasteiger partial charge is 0.334 e. The molecule has 4 aromatic rings. The SMILES string of the molecule is CC(C)(O)Cn1ccc2cc(-n3c(=O)[nH]c4sc5c(c4c3=O)CCCC5)ccc21. The molecule has 0 spiro atoms. The van der Waals surface area contributed by atoms with Crippen molar-refractivity contribution in [2.24, 2.45) is 0 Å². The van der Waals surface area contributed by atoms with Crippen LogP contribution in [-0.4, -0.2) is 24.8 Å². The van der Waals surface area contributed by atoms with Crippen LogP contribution in [0.5, 0.6) is 0 Å². The summed E-state index contributed by atoms with van der Waals surface area (Å²) in [6.07, 6.45) is 6.01. The van der Waals surface area contributed by atoms with Crippen molar-refractivity contribution in [2.75, 3.05) is 0 Å². The maximum atomic E-state index is 13.3. The molecule has 0 saturated carbocycles. The zero-order valence-electron chi connectivity index (χ0n) is 16.5. The maximum Gasteiger partial charge on any atom is 0.334 e. The van der Waals surface area contributed by atoms with Crippen LogP contribution < -0.4 is 11.2 Å². The average Bonchev–Trinajstić information content (AvgIpc) is 3.21. The van der Waals surface area contributed by atoms with Gasteiger partial charge < -0.3 is 9.67 Å². The van der Waals surface area contributed by atoms with Gasteiger partial charge in [-0.05, 0) is 69.4 Å². The summed E-state index contributed by atoms with van der Waals surface area (Å²) in [6, 6.07) is 7.49. The molecule has 3 aromatic heterocycles. The van der Waals surface area contributed by atoms with E-state index >= 15 is 0 Å². The number of aliphatic hydroxyl groups is 1. The number of H-pyrrole nitrogens is 1. The summed E-state index contributed by atoms with van der Waals surface area (Å²) in [6.45, 7) is 4.00. The van der Waals surface area contributed by atoms with Gasteiger partial charge in [-0.3, -0.25) is 9.78 Å². The van der Waals surface area contributed by atoms with Crippen molar-refractivity contribution in [1.82, 2.24) is 14.1 Å². The van der Waals surface area contributed by atoms with Gasteiger partial charge in [0.05, 0.1) is 23.2 Å². The number of fused-ring (bicyclic) bond motifs is 4. The minimum Gasteiger partial charge on any atom is -0.389 e. The van der Waals surface area contributed by atoms with Crippen LogP contribution in [0.1, 0.15) is 37.1 Å². The molecular formula is C22H23N3O3S. The summed E-state index contributed by atoms with van der Waals surface area (Å²) in [7, 11) is 0. The van der Waals surface area contributed by atoms with Gasteiger partial charge in [-0.15, -0.1) is 11.3 Å². The summed E-state index contributed by atoms with van der Waals surface area (Å²) >= 11 is 1.55. The highest BCUT2D eigenvalue weighted by Crippen LogP contribution is 2.33. The third-order valence-electron chi connectivity index (χ3n) is 5.58. The first-order valence-corrected chi connectivity index (χ1v) is 10.7. The molecule has 0 radical (unpaired) electrons. The lowest BCUT2D eigenvalue weighted by molar-refractivity contribution is 0.0628. The van der Waals surface area contributed by atoms with Crippen molar-refractivity contribution in [3.05, 3.63) is 61.7 Å². The Balaban J connectivity index is 1.68. The molecule has 2 N–H and O–H groups in total. The Morgan fingerprint density at radius 1 is 1.17 bits per heavy atom. The minimum absolute atomic E-state index is 0.238. The lowest BCUT2D eigenvalue weighted by Crippen LogP contribution is -2.33. The van der Waals surface area contributed by atoms with Crippen molar-refractivity contribution in [2.45, 2.75) is 51.7 Å². The van der Waals surface area contributed by atoms with Crippen molar-refractivity contribution in [3.8, 4) is 5.69 Å². The number of thiophene rings is 1. The third kappa shape index (κ3) is 3.05. The summed E-state index contributed by atoms with van der Waals surface area (Å²) in [5.41, 5.74) is 1.15. The Hall–Kier alpha value is -2.64. The Morgan fingerprint density at radius 3 is 2.76 bits per heavy atom. The van der Waals surface area contributed by atoms with Gasteiger partial charge in [-0.2, -0.15) is 0 Å². The highest BCUT2D eigenvalue weighted by molar-refractivity contribution is 7.18. The molecule has 5 rings (SSSR count). The molecular weight excluding hydrogens is 386 g/mol. The number of aromatic nitrogens is 3. The first-order valence-electron chi connectivity index (χ1n) is 9.93. The van der Waals surface area contributed by atoms with Gasteiger partial charge in [0.15, 0.2) is 0 Å². The number of rotatable bonds is 3. The number of aromatic amines is 1. The van der Waals surface area contributed by atoms with E-state index in [2.05, 4.69) is 4.98 Å². The molecule has 1 aromatic carbocycles.